The summed E-state index contributed by atoms with van der Waals surface area (Å²) in [4.78, 5) is 3.60. The minimum absolute atomic E-state index is 0.130. The molecule has 0 N–H and O–H groups in total. The highest BCUT2D eigenvalue weighted by molar-refractivity contribution is 5.30. The Kier molecular flexibility index (Phi) is 2.95. The highest BCUT2D eigenvalue weighted by Crippen LogP contribution is 2.25. The van der Waals surface area contributed by atoms with Gasteiger partial charge in [-0.3, -0.25) is 0 Å². The van der Waals surface area contributed by atoms with Crippen LogP contribution in [0.4, 0.5) is 8.78 Å². The third kappa shape index (κ3) is 2.08. The number of pyridine rings is 1. The van der Waals surface area contributed by atoms with Crippen molar-refractivity contribution in [3.05, 3.63) is 65.5 Å². The Hall–Kier alpha value is -1.77. The van der Waals surface area contributed by atoms with Crippen LogP contribution in [0.1, 0.15) is 24.0 Å². The minimum atomic E-state index is -0.473. The zero-order valence-electron chi connectivity index (χ0n) is 8.82. The molecule has 0 fully saturated rings. The van der Waals surface area contributed by atoms with Gasteiger partial charge in [0.25, 0.3) is 0 Å². The van der Waals surface area contributed by atoms with Crippen molar-refractivity contribution >= 4 is 0 Å². The second-order valence-corrected chi connectivity index (χ2v) is 3.66. The average Bonchev–Trinajstić information content (AvgIpc) is 2.30. The quantitative estimate of drug-likeness (QED) is 0.704. The molecule has 0 aliphatic rings. The van der Waals surface area contributed by atoms with Crippen LogP contribution < -0.4 is 0 Å². The predicted octanol–water partition coefficient (Wildman–Crippen LogP) is 3.51. The molecule has 0 bridgehead atoms. The Morgan fingerprint density at radius 2 is 1.75 bits per heavy atom. The van der Waals surface area contributed by atoms with E-state index in [1.807, 2.05) is 6.92 Å². The van der Waals surface area contributed by atoms with Crippen molar-refractivity contribution < 1.29 is 8.78 Å². The second-order valence-electron chi connectivity index (χ2n) is 3.66. The summed E-state index contributed by atoms with van der Waals surface area (Å²) in [5.41, 5.74) is 1.39. The molecule has 0 aliphatic carbocycles. The Labute approximate surface area is 92.8 Å². The van der Waals surface area contributed by atoms with Crippen molar-refractivity contribution in [2.75, 3.05) is 0 Å². The van der Waals surface area contributed by atoms with Crippen LogP contribution in [0.3, 0.4) is 0 Å². The van der Waals surface area contributed by atoms with E-state index in [4.69, 9.17) is 0 Å². The molecular weight excluding hydrogens is 208 g/mol. The molecule has 3 heteroatoms. The van der Waals surface area contributed by atoms with E-state index < -0.39 is 5.95 Å². The highest BCUT2D eigenvalue weighted by Gasteiger charge is 2.13. The molecule has 0 aliphatic heterocycles. The molecule has 0 amide bonds. The van der Waals surface area contributed by atoms with Gasteiger partial charge in [0.2, 0.25) is 5.95 Å². The van der Waals surface area contributed by atoms with Crippen LogP contribution in [-0.4, -0.2) is 4.98 Å². The van der Waals surface area contributed by atoms with Crippen LogP contribution in [0.2, 0.25) is 0 Å². The van der Waals surface area contributed by atoms with Crippen molar-refractivity contribution in [3.8, 4) is 0 Å². The summed E-state index contributed by atoms with van der Waals surface area (Å²) in [6, 6.07) is 9.45. The van der Waals surface area contributed by atoms with Gasteiger partial charge in [0.05, 0.1) is 0 Å². The van der Waals surface area contributed by atoms with Gasteiger partial charge in [-0.1, -0.05) is 25.1 Å². The molecule has 2 rings (SSSR count). The maximum absolute atomic E-state index is 13.4. The maximum atomic E-state index is 13.4. The molecular formula is C13H11F2N. The third-order valence-electron chi connectivity index (χ3n) is 2.62. The van der Waals surface area contributed by atoms with E-state index >= 15 is 0 Å². The van der Waals surface area contributed by atoms with E-state index in [2.05, 4.69) is 4.98 Å². The molecule has 0 radical (unpaired) electrons. The van der Waals surface area contributed by atoms with Gasteiger partial charge >= 0.3 is 0 Å². The van der Waals surface area contributed by atoms with Crippen LogP contribution in [0.15, 0.2) is 42.6 Å². The van der Waals surface area contributed by atoms with E-state index in [1.54, 1.807) is 24.3 Å². The van der Waals surface area contributed by atoms with E-state index in [0.29, 0.717) is 5.56 Å². The first-order valence-electron chi connectivity index (χ1n) is 5.04. The lowest BCUT2D eigenvalue weighted by Crippen LogP contribution is -2.00. The van der Waals surface area contributed by atoms with Gasteiger partial charge in [-0.15, -0.1) is 0 Å². The summed E-state index contributed by atoms with van der Waals surface area (Å²) >= 11 is 0. The Morgan fingerprint density at radius 3 is 2.38 bits per heavy atom. The van der Waals surface area contributed by atoms with E-state index in [1.165, 1.54) is 18.3 Å². The summed E-state index contributed by atoms with van der Waals surface area (Å²) in [5.74, 6) is -0.892. The Balaban J connectivity index is 2.35. The highest BCUT2D eigenvalue weighted by atomic mass is 19.1. The van der Waals surface area contributed by atoms with Crippen molar-refractivity contribution in [3.63, 3.8) is 0 Å². The molecule has 1 nitrogen and oxygen atoms in total. The lowest BCUT2D eigenvalue weighted by molar-refractivity contribution is 0.560. The van der Waals surface area contributed by atoms with E-state index in [9.17, 15) is 8.78 Å². The van der Waals surface area contributed by atoms with Gasteiger partial charge in [0, 0.05) is 17.7 Å². The summed E-state index contributed by atoms with van der Waals surface area (Å²) in [7, 11) is 0. The second kappa shape index (κ2) is 4.39. The molecule has 16 heavy (non-hydrogen) atoms. The number of hydrogen-bond acceptors (Lipinski definition) is 1. The largest absolute Gasteiger partial charge is 0.228 e. The van der Waals surface area contributed by atoms with E-state index in [-0.39, 0.29) is 11.7 Å². The van der Waals surface area contributed by atoms with Gasteiger partial charge in [-0.2, -0.15) is 4.39 Å². The average molecular weight is 219 g/mol. The van der Waals surface area contributed by atoms with Crippen LogP contribution in [-0.2, 0) is 0 Å². The summed E-state index contributed by atoms with van der Waals surface area (Å²) in [5, 5.41) is 0. The van der Waals surface area contributed by atoms with Crippen LogP contribution in [0.5, 0.6) is 0 Å². The molecule has 1 atom stereocenters. The fourth-order valence-electron chi connectivity index (χ4n) is 1.65. The number of hydrogen-bond donors (Lipinski definition) is 0. The smallest absolute Gasteiger partial charge is 0.216 e. The molecule has 1 aromatic heterocycles. The van der Waals surface area contributed by atoms with Crippen molar-refractivity contribution in [2.45, 2.75) is 12.8 Å². The monoisotopic (exact) mass is 219 g/mol. The lowest BCUT2D eigenvalue weighted by atomic mass is 9.94. The van der Waals surface area contributed by atoms with Crippen molar-refractivity contribution in [1.29, 1.82) is 0 Å². The minimum Gasteiger partial charge on any atom is -0.228 e. The third-order valence-corrected chi connectivity index (χ3v) is 2.62. The van der Waals surface area contributed by atoms with Gasteiger partial charge in [0.1, 0.15) is 5.82 Å². The number of rotatable bonds is 2. The first-order valence-corrected chi connectivity index (χ1v) is 5.04. The molecule has 0 spiro atoms. The topological polar surface area (TPSA) is 12.9 Å². The fraction of sp³-hybridized carbons (Fsp3) is 0.154. The van der Waals surface area contributed by atoms with Gasteiger partial charge in [0.15, 0.2) is 0 Å². The summed E-state index contributed by atoms with van der Waals surface area (Å²) in [6.07, 6.45) is 1.41. The molecule has 2 aromatic rings. The maximum Gasteiger partial charge on any atom is 0.216 e. The van der Waals surface area contributed by atoms with Gasteiger partial charge in [-0.25, -0.2) is 9.37 Å². The zero-order valence-corrected chi connectivity index (χ0v) is 8.82. The number of nitrogens with zero attached hydrogens (tertiary/aromatic N) is 1. The molecule has 0 saturated heterocycles. The molecule has 1 aromatic carbocycles. The first-order chi connectivity index (χ1) is 7.68. The molecule has 0 saturated carbocycles. The predicted molar refractivity (Wildman–Crippen MR) is 58.1 cm³/mol. The normalized spacial score (nSPS) is 12.4. The Morgan fingerprint density at radius 1 is 1.06 bits per heavy atom. The SMILES string of the molecule is CC(c1ccc(F)cc1)c1cccnc1F. The summed E-state index contributed by atoms with van der Waals surface area (Å²) in [6.45, 7) is 1.87. The molecule has 1 unspecified atom stereocenters. The summed E-state index contributed by atoms with van der Waals surface area (Å²) < 4.78 is 26.2. The fourth-order valence-corrected chi connectivity index (χ4v) is 1.65. The first kappa shape index (κ1) is 10.7. The van der Waals surface area contributed by atoms with Crippen LogP contribution >= 0.6 is 0 Å². The number of aromatic nitrogens is 1. The van der Waals surface area contributed by atoms with Crippen LogP contribution in [0, 0.1) is 11.8 Å². The lowest BCUT2D eigenvalue weighted by Gasteiger charge is -2.12. The van der Waals surface area contributed by atoms with E-state index in [0.717, 1.165) is 5.56 Å². The molecule has 82 valence electrons. The van der Waals surface area contributed by atoms with Gasteiger partial charge in [-0.05, 0) is 23.8 Å². The Bertz CT molecular complexity index is 480. The van der Waals surface area contributed by atoms with Gasteiger partial charge < -0.3 is 0 Å². The number of halogens is 2. The van der Waals surface area contributed by atoms with Crippen molar-refractivity contribution in [2.24, 2.45) is 0 Å². The standard InChI is InChI=1S/C13H11F2N/c1-9(10-4-6-11(14)7-5-10)12-3-2-8-16-13(12)15/h2-9H,1H3. The van der Waals surface area contributed by atoms with Crippen LogP contribution in [0.25, 0.3) is 0 Å². The zero-order chi connectivity index (χ0) is 11.5. The van der Waals surface area contributed by atoms with Crippen molar-refractivity contribution in [1.82, 2.24) is 4.98 Å². The number of benzene rings is 1. The molecule has 1 heterocycles.